The molecule has 36 heavy (non-hydrogen) atoms. The highest BCUT2D eigenvalue weighted by Gasteiger charge is 2.36. The maximum absolute atomic E-state index is 13.6. The number of aryl methyl sites for hydroxylation is 2. The molecule has 0 saturated carbocycles. The van der Waals surface area contributed by atoms with Crippen molar-refractivity contribution in [2.24, 2.45) is 0 Å². The lowest BCUT2D eigenvalue weighted by atomic mass is 9.96. The summed E-state index contributed by atoms with van der Waals surface area (Å²) in [6, 6.07) is 10.2. The van der Waals surface area contributed by atoms with Crippen LogP contribution in [0.2, 0.25) is 0 Å². The molecule has 0 aliphatic carbocycles. The molecule has 0 aliphatic rings. The minimum Gasteiger partial charge on any atom is -0.497 e. The van der Waals surface area contributed by atoms with Crippen molar-refractivity contribution < 1.29 is 29.0 Å². The summed E-state index contributed by atoms with van der Waals surface area (Å²) in [5.74, 6) is -0.400. The number of rotatable bonds is 9. The Morgan fingerprint density at radius 1 is 1.06 bits per heavy atom. The number of alkyl carbamates (subject to hydrolysis) is 1. The fraction of sp³-hybridized carbons (Fsp3) is 0.444. The van der Waals surface area contributed by atoms with Gasteiger partial charge < -0.3 is 30.1 Å². The second kappa shape index (κ2) is 12.4. The van der Waals surface area contributed by atoms with E-state index < -0.39 is 42.2 Å². The van der Waals surface area contributed by atoms with Gasteiger partial charge in [0.05, 0.1) is 13.7 Å². The Morgan fingerprint density at radius 2 is 1.69 bits per heavy atom. The summed E-state index contributed by atoms with van der Waals surface area (Å²) < 4.78 is 10.4. The Balaban J connectivity index is 2.43. The number of amides is 3. The van der Waals surface area contributed by atoms with Crippen molar-refractivity contribution in [3.05, 3.63) is 59.2 Å². The van der Waals surface area contributed by atoms with E-state index >= 15 is 0 Å². The molecule has 2 atom stereocenters. The summed E-state index contributed by atoms with van der Waals surface area (Å²) >= 11 is 0. The van der Waals surface area contributed by atoms with Crippen LogP contribution in [0.5, 0.6) is 5.75 Å². The Morgan fingerprint density at radius 3 is 2.22 bits per heavy atom. The van der Waals surface area contributed by atoms with Gasteiger partial charge in [-0.3, -0.25) is 9.59 Å². The van der Waals surface area contributed by atoms with Gasteiger partial charge in [0, 0.05) is 12.2 Å². The summed E-state index contributed by atoms with van der Waals surface area (Å²) in [5, 5.41) is 15.2. The minimum absolute atomic E-state index is 0.152. The van der Waals surface area contributed by atoms with Crippen molar-refractivity contribution in [2.45, 2.75) is 59.2 Å². The van der Waals surface area contributed by atoms with Gasteiger partial charge in [-0.05, 0) is 76.9 Å². The number of hydrogen-bond donors (Lipinski definition) is 3. The smallest absolute Gasteiger partial charge is 0.408 e. The normalized spacial score (nSPS) is 12.8. The van der Waals surface area contributed by atoms with Gasteiger partial charge >= 0.3 is 6.09 Å². The van der Waals surface area contributed by atoms with Crippen molar-refractivity contribution in [3.63, 3.8) is 0 Å². The van der Waals surface area contributed by atoms with Crippen LogP contribution >= 0.6 is 0 Å². The fourth-order valence-electron chi connectivity index (χ4n) is 3.69. The van der Waals surface area contributed by atoms with Gasteiger partial charge in [0.2, 0.25) is 5.91 Å². The number of likely N-dealkylation sites (N-methyl/N-ethyl adjacent to an activating group) is 1. The molecule has 2 unspecified atom stereocenters. The molecule has 0 bridgehead atoms. The first-order valence-electron chi connectivity index (χ1n) is 11.8. The summed E-state index contributed by atoms with van der Waals surface area (Å²) in [5.41, 5.74) is 2.14. The standard InChI is InChI=1S/C27H37N3O6/c1-8-30(25(33)22(16-31)29-26(34)36-27(4,5)6)23(21-15-17(2)9-10-18(21)3)24(32)28-19-11-13-20(35-7)14-12-19/h9-15,22-23,31H,8,16H2,1-7H3,(H,28,32)(H,29,34). The molecule has 0 fully saturated rings. The third kappa shape index (κ3) is 7.71. The van der Waals surface area contributed by atoms with Gasteiger partial charge in [-0.25, -0.2) is 4.79 Å². The highest BCUT2D eigenvalue weighted by molar-refractivity contribution is 5.99. The number of carbonyl (C=O) groups is 3. The largest absolute Gasteiger partial charge is 0.497 e. The van der Waals surface area contributed by atoms with Gasteiger partial charge in [0.1, 0.15) is 23.4 Å². The van der Waals surface area contributed by atoms with Gasteiger partial charge in [0.25, 0.3) is 5.91 Å². The van der Waals surface area contributed by atoms with Gasteiger partial charge in [-0.2, -0.15) is 0 Å². The lowest BCUT2D eigenvalue weighted by Crippen LogP contribution is -2.53. The van der Waals surface area contributed by atoms with Crippen LogP contribution in [0.1, 0.15) is 50.4 Å². The summed E-state index contributed by atoms with van der Waals surface area (Å²) in [6.07, 6.45) is -0.836. The first kappa shape index (κ1) is 28.6. The average Bonchev–Trinajstić information content (AvgIpc) is 2.81. The molecule has 2 aromatic rings. The topological polar surface area (TPSA) is 117 Å². The molecule has 9 nitrogen and oxygen atoms in total. The molecule has 3 N–H and O–H groups in total. The number of aliphatic hydroxyl groups excluding tert-OH is 1. The highest BCUT2D eigenvalue weighted by Crippen LogP contribution is 2.28. The van der Waals surface area contributed by atoms with E-state index in [-0.39, 0.29) is 6.54 Å². The second-order valence-corrected chi connectivity index (χ2v) is 9.49. The molecule has 196 valence electrons. The maximum atomic E-state index is 13.6. The Hall–Kier alpha value is -3.59. The molecule has 0 heterocycles. The van der Waals surface area contributed by atoms with E-state index in [0.29, 0.717) is 17.0 Å². The fourth-order valence-corrected chi connectivity index (χ4v) is 3.69. The molecule has 0 aliphatic heterocycles. The van der Waals surface area contributed by atoms with E-state index in [1.165, 1.54) is 4.90 Å². The van der Waals surface area contributed by atoms with Crippen LogP contribution in [0.4, 0.5) is 10.5 Å². The third-order valence-corrected chi connectivity index (χ3v) is 5.44. The molecular formula is C27H37N3O6. The van der Waals surface area contributed by atoms with Crippen LogP contribution in [-0.4, -0.2) is 59.8 Å². The minimum atomic E-state index is -1.29. The number of nitrogens with one attached hydrogen (secondary N) is 2. The van der Waals surface area contributed by atoms with Gasteiger partial charge in [-0.1, -0.05) is 23.8 Å². The van der Waals surface area contributed by atoms with Crippen molar-refractivity contribution >= 4 is 23.6 Å². The third-order valence-electron chi connectivity index (χ3n) is 5.44. The molecule has 2 aromatic carbocycles. The lowest BCUT2D eigenvalue weighted by Gasteiger charge is -2.34. The average molecular weight is 500 g/mol. The number of nitrogens with zero attached hydrogens (tertiary/aromatic N) is 1. The first-order chi connectivity index (χ1) is 16.9. The number of carbonyl (C=O) groups excluding carboxylic acids is 3. The highest BCUT2D eigenvalue weighted by atomic mass is 16.6. The molecule has 0 radical (unpaired) electrons. The van der Waals surface area contributed by atoms with Crippen LogP contribution in [0.3, 0.4) is 0 Å². The zero-order chi connectivity index (χ0) is 27.0. The monoisotopic (exact) mass is 499 g/mol. The van der Waals surface area contributed by atoms with Crippen LogP contribution in [0, 0.1) is 13.8 Å². The molecule has 0 spiro atoms. The molecule has 2 rings (SSSR count). The van der Waals surface area contributed by atoms with Crippen molar-refractivity contribution in [2.75, 3.05) is 25.6 Å². The predicted octanol–water partition coefficient (Wildman–Crippen LogP) is 3.73. The molecule has 3 amide bonds. The van der Waals surface area contributed by atoms with Gasteiger partial charge in [0.15, 0.2) is 0 Å². The summed E-state index contributed by atoms with van der Waals surface area (Å²) in [4.78, 5) is 40.9. The predicted molar refractivity (Wildman–Crippen MR) is 138 cm³/mol. The lowest BCUT2D eigenvalue weighted by molar-refractivity contribution is -0.141. The Kier molecular flexibility index (Phi) is 9.86. The van der Waals surface area contributed by atoms with Crippen LogP contribution in [0.25, 0.3) is 0 Å². The Bertz CT molecular complexity index is 1060. The van der Waals surface area contributed by atoms with E-state index in [1.807, 2.05) is 32.0 Å². The van der Waals surface area contributed by atoms with E-state index in [9.17, 15) is 19.5 Å². The van der Waals surface area contributed by atoms with Crippen molar-refractivity contribution in [1.82, 2.24) is 10.2 Å². The molecule has 9 heteroatoms. The van der Waals surface area contributed by atoms with Crippen molar-refractivity contribution in [1.29, 1.82) is 0 Å². The SMILES string of the molecule is CCN(C(=O)C(CO)NC(=O)OC(C)(C)C)C(C(=O)Nc1ccc(OC)cc1)c1cc(C)ccc1C. The van der Waals surface area contributed by atoms with E-state index in [0.717, 1.165) is 11.1 Å². The number of anilines is 1. The van der Waals surface area contributed by atoms with Crippen LogP contribution in [0.15, 0.2) is 42.5 Å². The maximum Gasteiger partial charge on any atom is 0.408 e. The molecule has 0 saturated heterocycles. The number of ether oxygens (including phenoxy) is 2. The van der Waals surface area contributed by atoms with E-state index in [4.69, 9.17) is 9.47 Å². The van der Waals surface area contributed by atoms with E-state index in [1.54, 1.807) is 59.1 Å². The molecular weight excluding hydrogens is 462 g/mol. The summed E-state index contributed by atoms with van der Waals surface area (Å²) in [6.45, 7) is 10.1. The quantitative estimate of drug-likeness (QED) is 0.484. The zero-order valence-electron chi connectivity index (χ0n) is 22.0. The van der Waals surface area contributed by atoms with E-state index in [2.05, 4.69) is 10.6 Å². The number of hydrogen-bond acceptors (Lipinski definition) is 6. The van der Waals surface area contributed by atoms with Crippen LogP contribution < -0.4 is 15.4 Å². The Labute approximate surface area is 212 Å². The second-order valence-electron chi connectivity index (χ2n) is 9.49. The zero-order valence-corrected chi connectivity index (χ0v) is 22.0. The van der Waals surface area contributed by atoms with Gasteiger partial charge in [-0.15, -0.1) is 0 Å². The molecule has 0 aromatic heterocycles. The van der Waals surface area contributed by atoms with Crippen LogP contribution in [-0.2, 0) is 14.3 Å². The number of aliphatic hydroxyl groups is 1. The number of methoxy groups -OCH3 is 1. The summed E-state index contributed by atoms with van der Waals surface area (Å²) in [7, 11) is 1.55. The first-order valence-corrected chi connectivity index (χ1v) is 11.8. The number of benzene rings is 2. The van der Waals surface area contributed by atoms with Crippen molar-refractivity contribution in [3.8, 4) is 5.75 Å².